The standard InChI is InChI=1S/C15H17BrN2O/c1-2-17-8-12-4-3-5-15(7-12)19-11-13-6-14(16)10-18-9-13/h3-7,9-10,17H,2,8,11H2,1H3. The van der Waals surface area contributed by atoms with Crippen LogP contribution in [0, 0.1) is 0 Å². The first-order valence-electron chi connectivity index (χ1n) is 6.30. The lowest BCUT2D eigenvalue weighted by atomic mass is 10.2. The number of nitrogens with zero attached hydrogens (tertiary/aromatic N) is 1. The van der Waals surface area contributed by atoms with E-state index < -0.39 is 0 Å². The van der Waals surface area contributed by atoms with Gasteiger partial charge in [-0.15, -0.1) is 0 Å². The van der Waals surface area contributed by atoms with Gasteiger partial charge in [0.1, 0.15) is 12.4 Å². The minimum Gasteiger partial charge on any atom is -0.489 e. The van der Waals surface area contributed by atoms with Gasteiger partial charge in [0, 0.05) is 29.0 Å². The lowest BCUT2D eigenvalue weighted by Crippen LogP contribution is -2.11. The van der Waals surface area contributed by atoms with Crippen LogP contribution in [0.25, 0.3) is 0 Å². The molecule has 0 saturated heterocycles. The van der Waals surface area contributed by atoms with Gasteiger partial charge in [0.25, 0.3) is 0 Å². The Bertz CT molecular complexity index is 531. The molecule has 0 aliphatic heterocycles. The summed E-state index contributed by atoms with van der Waals surface area (Å²) in [5, 5.41) is 3.30. The molecule has 0 fully saturated rings. The molecular weight excluding hydrogens is 304 g/mol. The average molecular weight is 321 g/mol. The maximum Gasteiger partial charge on any atom is 0.120 e. The van der Waals surface area contributed by atoms with Crippen molar-refractivity contribution in [2.24, 2.45) is 0 Å². The summed E-state index contributed by atoms with van der Waals surface area (Å²) in [4.78, 5) is 4.12. The number of rotatable bonds is 6. The Balaban J connectivity index is 1.95. The molecule has 2 aromatic rings. The van der Waals surface area contributed by atoms with Crippen molar-refractivity contribution < 1.29 is 4.74 Å². The van der Waals surface area contributed by atoms with Gasteiger partial charge in [-0.3, -0.25) is 4.98 Å². The van der Waals surface area contributed by atoms with Crippen LogP contribution in [0.4, 0.5) is 0 Å². The van der Waals surface area contributed by atoms with Gasteiger partial charge in [-0.25, -0.2) is 0 Å². The molecule has 3 nitrogen and oxygen atoms in total. The van der Waals surface area contributed by atoms with E-state index in [-0.39, 0.29) is 0 Å². The van der Waals surface area contributed by atoms with Gasteiger partial charge < -0.3 is 10.1 Å². The van der Waals surface area contributed by atoms with Gasteiger partial charge in [-0.1, -0.05) is 19.1 Å². The Hall–Kier alpha value is -1.39. The third-order valence-corrected chi connectivity index (χ3v) is 3.08. The van der Waals surface area contributed by atoms with Crippen molar-refractivity contribution in [2.45, 2.75) is 20.1 Å². The molecule has 0 spiro atoms. The SMILES string of the molecule is CCNCc1cccc(OCc2cncc(Br)c2)c1. The third-order valence-electron chi connectivity index (χ3n) is 2.64. The van der Waals surface area contributed by atoms with E-state index >= 15 is 0 Å². The maximum absolute atomic E-state index is 5.78. The van der Waals surface area contributed by atoms with Crippen LogP contribution in [0.1, 0.15) is 18.1 Å². The number of nitrogens with one attached hydrogen (secondary N) is 1. The fourth-order valence-electron chi connectivity index (χ4n) is 1.72. The highest BCUT2D eigenvalue weighted by Crippen LogP contribution is 2.16. The molecule has 0 amide bonds. The van der Waals surface area contributed by atoms with Crippen molar-refractivity contribution >= 4 is 15.9 Å². The average Bonchev–Trinajstić information content (AvgIpc) is 2.43. The number of hydrogen-bond acceptors (Lipinski definition) is 3. The minimum atomic E-state index is 0.525. The van der Waals surface area contributed by atoms with E-state index in [1.165, 1.54) is 5.56 Å². The molecule has 0 aliphatic carbocycles. The van der Waals surface area contributed by atoms with Gasteiger partial charge in [-0.2, -0.15) is 0 Å². The van der Waals surface area contributed by atoms with E-state index in [4.69, 9.17) is 4.74 Å². The first-order chi connectivity index (χ1) is 9.28. The molecule has 19 heavy (non-hydrogen) atoms. The summed E-state index contributed by atoms with van der Waals surface area (Å²) in [7, 11) is 0. The maximum atomic E-state index is 5.78. The molecule has 0 bridgehead atoms. The van der Waals surface area contributed by atoms with E-state index in [0.717, 1.165) is 28.9 Å². The molecule has 1 N–H and O–H groups in total. The monoisotopic (exact) mass is 320 g/mol. The highest BCUT2D eigenvalue weighted by molar-refractivity contribution is 9.10. The Morgan fingerprint density at radius 1 is 1.21 bits per heavy atom. The Morgan fingerprint density at radius 2 is 2.11 bits per heavy atom. The topological polar surface area (TPSA) is 34.1 Å². The number of benzene rings is 1. The number of hydrogen-bond donors (Lipinski definition) is 1. The van der Waals surface area contributed by atoms with Crippen LogP contribution < -0.4 is 10.1 Å². The first-order valence-corrected chi connectivity index (χ1v) is 7.09. The predicted octanol–water partition coefficient (Wildman–Crippen LogP) is 3.53. The normalized spacial score (nSPS) is 10.4. The summed E-state index contributed by atoms with van der Waals surface area (Å²) >= 11 is 3.40. The van der Waals surface area contributed by atoms with E-state index in [9.17, 15) is 0 Å². The highest BCUT2D eigenvalue weighted by atomic mass is 79.9. The van der Waals surface area contributed by atoms with E-state index in [1.54, 1.807) is 6.20 Å². The fourth-order valence-corrected chi connectivity index (χ4v) is 2.13. The van der Waals surface area contributed by atoms with Crippen LogP contribution in [0.5, 0.6) is 5.75 Å². The molecule has 1 aromatic carbocycles. The quantitative estimate of drug-likeness (QED) is 0.884. The van der Waals surface area contributed by atoms with Crippen molar-refractivity contribution in [3.63, 3.8) is 0 Å². The summed E-state index contributed by atoms with van der Waals surface area (Å²) < 4.78 is 6.75. The zero-order valence-electron chi connectivity index (χ0n) is 10.9. The van der Waals surface area contributed by atoms with Crippen molar-refractivity contribution in [3.05, 3.63) is 58.3 Å². The highest BCUT2D eigenvalue weighted by Gasteiger charge is 1.99. The van der Waals surface area contributed by atoms with Crippen LogP contribution in [0.3, 0.4) is 0 Å². The van der Waals surface area contributed by atoms with Gasteiger partial charge in [-0.05, 0) is 46.2 Å². The molecule has 4 heteroatoms. The van der Waals surface area contributed by atoms with Crippen molar-refractivity contribution in [1.82, 2.24) is 10.3 Å². The number of ether oxygens (including phenoxy) is 1. The molecular formula is C15H17BrN2O. The lowest BCUT2D eigenvalue weighted by Gasteiger charge is -2.08. The van der Waals surface area contributed by atoms with Gasteiger partial charge in [0.05, 0.1) is 0 Å². The summed E-state index contributed by atoms with van der Waals surface area (Å²) in [6.07, 6.45) is 3.58. The summed E-state index contributed by atoms with van der Waals surface area (Å²) in [6, 6.07) is 10.2. The number of pyridine rings is 1. The summed E-state index contributed by atoms with van der Waals surface area (Å²) in [6.45, 7) is 4.46. The Labute approximate surface area is 122 Å². The van der Waals surface area contributed by atoms with Crippen LogP contribution in [0.15, 0.2) is 47.2 Å². The molecule has 1 heterocycles. The smallest absolute Gasteiger partial charge is 0.120 e. The minimum absolute atomic E-state index is 0.525. The summed E-state index contributed by atoms with van der Waals surface area (Å²) in [5.74, 6) is 0.885. The van der Waals surface area contributed by atoms with Crippen LogP contribution in [0.2, 0.25) is 0 Å². The molecule has 0 aliphatic rings. The molecule has 100 valence electrons. The van der Waals surface area contributed by atoms with Crippen LogP contribution in [-0.2, 0) is 13.2 Å². The summed E-state index contributed by atoms with van der Waals surface area (Å²) in [5.41, 5.74) is 2.28. The second-order valence-corrected chi connectivity index (χ2v) is 5.14. The second kappa shape index (κ2) is 7.26. The van der Waals surface area contributed by atoms with Gasteiger partial charge >= 0.3 is 0 Å². The zero-order valence-corrected chi connectivity index (χ0v) is 12.5. The first kappa shape index (κ1) is 14.0. The van der Waals surface area contributed by atoms with E-state index in [0.29, 0.717) is 6.61 Å². The van der Waals surface area contributed by atoms with Crippen molar-refractivity contribution in [1.29, 1.82) is 0 Å². The molecule has 0 saturated carbocycles. The van der Waals surface area contributed by atoms with Gasteiger partial charge in [0.15, 0.2) is 0 Å². The number of aromatic nitrogens is 1. The molecule has 2 rings (SSSR count). The number of halogens is 1. The third kappa shape index (κ3) is 4.65. The van der Waals surface area contributed by atoms with Crippen LogP contribution in [-0.4, -0.2) is 11.5 Å². The van der Waals surface area contributed by atoms with E-state index in [1.807, 2.05) is 24.4 Å². The fraction of sp³-hybridized carbons (Fsp3) is 0.267. The largest absolute Gasteiger partial charge is 0.489 e. The van der Waals surface area contributed by atoms with E-state index in [2.05, 4.69) is 45.3 Å². The Morgan fingerprint density at radius 3 is 2.89 bits per heavy atom. The lowest BCUT2D eigenvalue weighted by molar-refractivity contribution is 0.305. The van der Waals surface area contributed by atoms with Crippen molar-refractivity contribution in [2.75, 3.05) is 6.54 Å². The molecule has 0 atom stereocenters. The van der Waals surface area contributed by atoms with Crippen molar-refractivity contribution in [3.8, 4) is 5.75 Å². The Kier molecular flexibility index (Phi) is 5.36. The second-order valence-electron chi connectivity index (χ2n) is 4.23. The molecule has 1 aromatic heterocycles. The van der Waals surface area contributed by atoms with Crippen LogP contribution >= 0.6 is 15.9 Å². The molecule has 0 radical (unpaired) electrons. The molecule has 0 unspecified atom stereocenters. The zero-order chi connectivity index (χ0) is 13.5. The van der Waals surface area contributed by atoms with Gasteiger partial charge in [0.2, 0.25) is 0 Å². The predicted molar refractivity (Wildman–Crippen MR) is 80.1 cm³/mol.